The molecule has 3 heteroatoms. The van der Waals surface area contributed by atoms with Crippen LogP contribution in [-0.4, -0.2) is 24.9 Å². The fourth-order valence-electron chi connectivity index (χ4n) is 1.83. The molecule has 18 heavy (non-hydrogen) atoms. The Morgan fingerprint density at radius 1 is 1.28 bits per heavy atom. The summed E-state index contributed by atoms with van der Waals surface area (Å²) < 4.78 is 5.53. The average Bonchev–Trinajstić information content (AvgIpc) is 2.39. The topological polar surface area (TPSA) is 29.5 Å². The van der Waals surface area contributed by atoms with Gasteiger partial charge in [-0.3, -0.25) is 0 Å². The van der Waals surface area contributed by atoms with Crippen molar-refractivity contribution in [1.82, 2.24) is 0 Å². The van der Waals surface area contributed by atoms with E-state index in [1.807, 2.05) is 24.3 Å². The van der Waals surface area contributed by atoms with Crippen molar-refractivity contribution in [3.63, 3.8) is 0 Å². The van der Waals surface area contributed by atoms with Crippen molar-refractivity contribution in [2.24, 2.45) is 5.92 Å². The molecular weight excluding hydrogens is 248 g/mol. The van der Waals surface area contributed by atoms with Crippen LogP contribution in [0.4, 0.5) is 0 Å². The van der Waals surface area contributed by atoms with Crippen molar-refractivity contribution in [3.05, 3.63) is 34.9 Å². The first-order valence-electron chi connectivity index (χ1n) is 6.70. The van der Waals surface area contributed by atoms with Crippen LogP contribution in [0.3, 0.4) is 0 Å². The Morgan fingerprint density at radius 2 is 2.06 bits per heavy atom. The second-order valence-electron chi connectivity index (χ2n) is 4.60. The first-order valence-corrected chi connectivity index (χ1v) is 7.07. The standard InChI is InChI=1S/C15H23ClO2/c1-2-3-9-18-10-8-13(12-17)11-14-6-4-5-7-15(14)16/h4-7,13,17H,2-3,8-12H2,1H3. The number of rotatable bonds is 9. The summed E-state index contributed by atoms with van der Waals surface area (Å²) in [5, 5.41) is 10.2. The van der Waals surface area contributed by atoms with Crippen molar-refractivity contribution in [2.45, 2.75) is 32.6 Å². The average molecular weight is 271 g/mol. The van der Waals surface area contributed by atoms with Crippen LogP contribution >= 0.6 is 11.6 Å². The minimum absolute atomic E-state index is 0.183. The number of benzene rings is 1. The molecule has 2 nitrogen and oxygen atoms in total. The molecule has 1 rings (SSSR count). The summed E-state index contributed by atoms with van der Waals surface area (Å²) in [6.45, 7) is 3.87. The van der Waals surface area contributed by atoms with Gasteiger partial charge >= 0.3 is 0 Å². The van der Waals surface area contributed by atoms with E-state index >= 15 is 0 Å². The van der Waals surface area contributed by atoms with Gasteiger partial charge in [0.15, 0.2) is 0 Å². The minimum atomic E-state index is 0.183. The second-order valence-corrected chi connectivity index (χ2v) is 5.01. The lowest BCUT2D eigenvalue weighted by Gasteiger charge is -2.15. The zero-order valence-corrected chi connectivity index (χ0v) is 11.8. The molecule has 102 valence electrons. The third-order valence-electron chi connectivity index (χ3n) is 3.04. The molecule has 1 N–H and O–H groups in total. The molecule has 1 aromatic rings. The van der Waals surface area contributed by atoms with E-state index in [0.29, 0.717) is 0 Å². The van der Waals surface area contributed by atoms with Crippen LogP contribution < -0.4 is 0 Å². The lowest BCUT2D eigenvalue weighted by Crippen LogP contribution is -2.13. The first kappa shape index (κ1) is 15.5. The van der Waals surface area contributed by atoms with E-state index < -0.39 is 0 Å². The molecule has 0 amide bonds. The van der Waals surface area contributed by atoms with E-state index in [0.717, 1.165) is 49.5 Å². The van der Waals surface area contributed by atoms with Gasteiger partial charge in [0.2, 0.25) is 0 Å². The zero-order chi connectivity index (χ0) is 13.2. The molecule has 0 aromatic heterocycles. The Bertz CT molecular complexity index is 328. The van der Waals surface area contributed by atoms with E-state index in [9.17, 15) is 5.11 Å². The summed E-state index contributed by atoms with van der Waals surface area (Å²) in [5.74, 6) is 0.228. The molecular formula is C15H23ClO2. The molecule has 0 fully saturated rings. The van der Waals surface area contributed by atoms with Gasteiger partial charge < -0.3 is 9.84 Å². The summed E-state index contributed by atoms with van der Waals surface area (Å²) in [7, 11) is 0. The Hall–Kier alpha value is -0.570. The highest BCUT2D eigenvalue weighted by atomic mass is 35.5. The van der Waals surface area contributed by atoms with Crippen molar-refractivity contribution in [1.29, 1.82) is 0 Å². The predicted molar refractivity (Wildman–Crippen MR) is 76.1 cm³/mol. The maximum Gasteiger partial charge on any atom is 0.0469 e. The number of unbranched alkanes of at least 4 members (excludes halogenated alkanes) is 1. The monoisotopic (exact) mass is 270 g/mol. The van der Waals surface area contributed by atoms with Gasteiger partial charge in [0.05, 0.1) is 0 Å². The van der Waals surface area contributed by atoms with Crippen molar-refractivity contribution >= 4 is 11.6 Å². The quantitative estimate of drug-likeness (QED) is 0.694. The van der Waals surface area contributed by atoms with Crippen LogP contribution in [0.5, 0.6) is 0 Å². The molecule has 1 unspecified atom stereocenters. The highest BCUT2D eigenvalue weighted by molar-refractivity contribution is 6.31. The Labute approximate surface area is 115 Å². The molecule has 0 aliphatic carbocycles. The summed E-state index contributed by atoms with van der Waals surface area (Å²) >= 11 is 6.11. The molecule has 0 aliphatic rings. The Kier molecular flexibility index (Phi) is 8.06. The van der Waals surface area contributed by atoms with Gasteiger partial charge in [0.1, 0.15) is 0 Å². The molecule has 1 atom stereocenters. The van der Waals surface area contributed by atoms with Crippen molar-refractivity contribution in [2.75, 3.05) is 19.8 Å². The Morgan fingerprint density at radius 3 is 2.72 bits per heavy atom. The van der Waals surface area contributed by atoms with Gasteiger partial charge in [-0.2, -0.15) is 0 Å². The van der Waals surface area contributed by atoms with E-state index in [4.69, 9.17) is 16.3 Å². The maximum atomic E-state index is 9.38. The molecule has 0 aliphatic heterocycles. The summed E-state index contributed by atoms with van der Waals surface area (Å²) in [6.07, 6.45) is 3.95. The fraction of sp³-hybridized carbons (Fsp3) is 0.600. The van der Waals surface area contributed by atoms with Crippen molar-refractivity contribution in [3.8, 4) is 0 Å². The van der Waals surface area contributed by atoms with Crippen LogP contribution in [0.2, 0.25) is 5.02 Å². The number of hydrogen-bond acceptors (Lipinski definition) is 2. The SMILES string of the molecule is CCCCOCCC(CO)Cc1ccccc1Cl. The van der Waals surface area contributed by atoms with E-state index in [2.05, 4.69) is 6.92 Å². The third kappa shape index (κ3) is 5.85. The largest absolute Gasteiger partial charge is 0.396 e. The van der Waals surface area contributed by atoms with Gasteiger partial charge in [0.25, 0.3) is 0 Å². The smallest absolute Gasteiger partial charge is 0.0469 e. The molecule has 0 bridgehead atoms. The predicted octanol–water partition coefficient (Wildman–Crippen LogP) is 3.70. The normalized spacial score (nSPS) is 12.6. The fourth-order valence-corrected chi connectivity index (χ4v) is 2.04. The van der Waals surface area contributed by atoms with Crippen molar-refractivity contribution < 1.29 is 9.84 Å². The Balaban J connectivity index is 2.31. The van der Waals surface area contributed by atoms with Crippen LogP contribution in [0.1, 0.15) is 31.7 Å². The lowest BCUT2D eigenvalue weighted by molar-refractivity contribution is 0.104. The highest BCUT2D eigenvalue weighted by Crippen LogP contribution is 2.20. The molecule has 1 aromatic carbocycles. The molecule has 0 saturated carbocycles. The van der Waals surface area contributed by atoms with Crippen LogP contribution in [0.15, 0.2) is 24.3 Å². The van der Waals surface area contributed by atoms with Crippen LogP contribution in [-0.2, 0) is 11.2 Å². The van der Waals surface area contributed by atoms with E-state index in [-0.39, 0.29) is 12.5 Å². The second kappa shape index (κ2) is 9.37. The zero-order valence-electron chi connectivity index (χ0n) is 11.1. The van der Waals surface area contributed by atoms with Gasteiger partial charge in [-0.25, -0.2) is 0 Å². The molecule has 0 saturated heterocycles. The molecule has 0 heterocycles. The molecule has 0 radical (unpaired) electrons. The number of aliphatic hydroxyl groups excluding tert-OH is 1. The number of hydrogen-bond donors (Lipinski definition) is 1. The van der Waals surface area contributed by atoms with E-state index in [1.165, 1.54) is 0 Å². The number of aliphatic hydroxyl groups is 1. The maximum absolute atomic E-state index is 9.38. The van der Waals surface area contributed by atoms with Gasteiger partial charge in [-0.05, 0) is 36.8 Å². The highest BCUT2D eigenvalue weighted by Gasteiger charge is 2.10. The summed E-state index contributed by atoms with van der Waals surface area (Å²) in [4.78, 5) is 0. The summed E-state index contributed by atoms with van der Waals surface area (Å²) in [6, 6.07) is 7.81. The van der Waals surface area contributed by atoms with Crippen LogP contribution in [0.25, 0.3) is 0 Å². The van der Waals surface area contributed by atoms with E-state index in [1.54, 1.807) is 0 Å². The van der Waals surface area contributed by atoms with Gasteiger partial charge in [-0.1, -0.05) is 43.1 Å². The minimum Gasteiger partial charge on any atom is -0.396 e. The van der Waals surface area contributed by atoms with Gasteiger partial charge in [0, 0.05) is 24.8 Å². The number of ether oxygens (including phenoxy) is 1. The van der Waals surface area contributed by atoms with Crippen LogP contribution in [0, 0.1) is 5.92 Å². The molecule has 0 spiro atoms. The number of halogens is 1. The third-order valence-corrected chi connectivity index (χ3v) is 3.41. The first-order chi connectivity index (χ1) is 8.77. The summed E-state index contributed by atoms with van der Waals surface area (Å²) in [5.41, 5.74) is 1.10. The van der Waals surface area contributed by atoms with Gasteiger partial charge in [-0.15, -0.1) is 0 Å². The lowest BCUT2D eigenvalue weighted by atomic mass is 9.97.